The summed E-state index contributed by atoms with van der Waals surface area (Å²) in [4.78, 5) is 0. The van der Waals surface area contributed by atoms with Gasteiger partial charge in [-0.15, -0.1) is 0 Å². The summed E-state index contributed by atoms with van der Waals surface area (Å²) < 4.78 is 52.4. The molecule has 1 rings (SSSR count). The van der Waals surface area contributed by atoms with Crippen LogP contribution in [0.4, 0.5) is 0 Å². The molecule has 13 heteroatoms. The Kier molecular flexibility index (Phi) is 8.53. The highest BCUT2D eigenvalue weighted by Gasteiger charge is 2.44. The Balaban J connectivity index is 2.90. The van der Waals surface area contributed by atoms with Crippen LogP contribution in [0.5, 0.6) is 0 Å². The fraction of sp³-hybridized carbons (Fsp3) is 1.00. The molecular formula is C6H16O8P4S. The lowest BCUT2D eigenvalue weighted by atomic mass is 10.0. The third-order valence-electron chi connectivity index (χ3n) is 2.43. The summed E-state index contributed by atoms with van der Waals surface area (Å²) in [6.07, 6.45) is -2.92. The van der Waals surface area contributed by atoms with Crippen LogP contribution in [0.1, 0.15) is 0 Å². The minimum atomic E-state index is -4.07. The molecule has 0 bridgehead atoms. The van der Waals surface area contributed by atoms with Crippen molar-refractivity contribution in [2.45, 2.75) is 24.4 Å². The summed E-state index contributed by atoms with van der Waals surface area (Å²) in [5, 5.41) is 0. The van der Waals surface area contributed by atoms with Crippen LogP contribution < -0.4 is 0 Å². The van der Waals surface area contributed by atoms with E-state index in [0.717, 1.165) is 0 Å². The van der Waals surface area contributed by atoms with Crippen LogP contribution in [0.15, 0.2) is 0 Å². The molecule has 114 valence electrons. The molecule has 8 atom stereocenters. The van der Waals surface area contributed by atoms with E-state index in [1.807, 2.05) is 18.9 Å². The van der Waals surface area contributed by atoms with Crippen LogP contribution >= 0.6 is 37.9 Å². The van der Waals surface area contributed by atoms with Gasteiger partial charge >= 0.3 is 10.4 Å². The molecule has 0 aromatic heterocycles. The van der Waals surface area contributed by atoms with Gasteiger partial charge in [-0.3, -0.25) is 0 Å². The molecule has 8 nitrogen and oxygen atoms in total. The van der Waals surface area contributed by atoms with Gasteiger partial charge in [0.15, 0.2) is 0 Å². The fourth-order valence-electron chi connectivity index (χ4n) is 1.54. The largest absolute Gasteiger partial charge is 0.400 e. The second kappa shape index (κ2) is 8.77. The highest BCUT2D eigenvalue weighted by atomic mass is 32.3. The first-order valence-electron chi connectivity index (χ1n) is 4.95. The predicted octanol–water partition coefficient (Wildman–Crippen LogP) is -0.0208. The molecule has 0 N–H and O–H groups in total. The van der Waals surface area contributed by atoms with E-state index in [1.165, 1.54) is 0 Å². The van der Waals surface area contributed by atoms with Crippen molar-refractivity contribution in [1.82, 2.24) is 0 Å². The predicted molar refractivity (Wildman–Crippen MR) is 79.2 cm³/mol. The van der Waals surface area contributed by atoms with Crippen LogP contribution in [0.2, 0.25) is 0 Å². The maximum atomic E-state index is 11.4. The molecular weight excluding hydrogens is 356 g/mol. The molecule has 0 aromatic rings. The highest BCUT2D eigenvalue weighted by molar-refractivity contribution is 7.81. The van der Waals surface area contributed by atoms with Crippen molar-refractivity contribution in [2.24, 2.45) is 0 Å². The van der Waals surface area contributed by atoms with Gasteiger partial charge in [0.1, 0.15) is 24.4 Å². The smallest absolute Gasteiger partial charge is 0.363 e. The van der Waals surface area contributed by atoms with Gasteiger partial charge in [0.2, 0.25) is 0 Å². The van der Waals surface area contributed by atoms with Gasteiger partial charge in [-0.25, -0.2) is 8.37 Å². The molecule has 1 aliphatic rings. The molecule has 0 aliphatic carbocycles. The maximum Gasteiger partial charge on any atom is 0.400 e. The van der Waals surface area contributed by atoms with Gasteiger partial charge in [0, 0.05) is 37.9 Å². The van der Waals surface area contributed by atoms with E-state index in [1.54, 1.807) is 0 Å². The first kappa shape index (κ1) is 18.5. The van der Waals surface area contributed by atoms with Crippen molar-refractivity contribution in [2.75, 3.05) is 13.2 Å². The van der Waals surface area contributed by atoms with E-state index in [-0.39, 0.29) is 13.2 Å². The second-order valence-electron chi connectivity index (χ2n) is 3.54. The third-order valence-corrected chi connectivity index (χ3v) is 4.52. The highest BCUT2D eigenvalue weighted by Crippen LogP contribution is 2.27. The zero-order valence-electron chi connectivity index (χ0n) is 9.71. The quantitative estimate of drug-likeness (QED) is 0.576. The van der Waals surface area contributed by atoms with E-state index < -0.39 is 34.8 Å². The van der Waals surface area contributed by atoms with Crippen LogP contribution in [-0.2, 0) is 36.9 Å². The van der Waals surface area contributed by atoms with Crippen molar-refractivity contribution in [3.8, 4) is 0 Å². The number of hydrogen-bond donors (Lipinski definition) is 0. The molecule has 0 aromatic carbocycles. The molecule has 0 amide bonds. The Morgan fingerprint density at radius 3 is 2.37 bits per heavy atom. The molecule has 0 radical (unpaired) electrons. The monoisotopic (exact) mass is 372 g/mol. The molecule has 1 fully saturated rings. The molecule has 4 unspecified atom stereocenters. The Morgan fingerprint density at radius 1 is 1.21 bits per heavy atom. The first-order valence-corrected chi connectivity index (χ1v) is 8.17. The minimum Gasteiger partial charge on any atom is -0.363 e. The Morgan fingerprint density at radius 2 is 1.89 bits per heavy atom. The number of rotatable bonds is 7. The van der Waals surface area contributed by atoms with Crippen LogP contribution in [0, 0.1) is 0 Å². The van der Waals surface area contributed by atoms with Crippen LogP contribution in [-0.4, -0.2) is 46.0 Å². The lowest BCUT2D eigenvalue weighted by Crippen LogP contribution is -2.53. The zero-order chi connectivity index (χ0) is 14.5. The average Bonchev–Trinajstić information content (AvgIpc) is 2.38. The zero-order valence-corrected chi connectivity index (χ0v) is 15.1. The maximum absolute atomic E-state index is 11.4. The van der Waals surface area contributed by atoms with Gasteiger partial charge in [-0.1, -0.05) is 0 Å². The van der Waals surface area contributed by atoms with Crippen LogP contribution in [0.25, 0.3) is 0 Å². The standard InChI is InChI=1S/C6H16O8P4S/c7-19(8)10-2-4(12-17)6(14-19)5(13-18)3(11-16)1-9-15/h3-6H,1-2,15-18H2/t3-,4-,5-,6-/m1/s1. The summed E-state index contributed by atoms with van der Waals surface area (Å²) >= 11 is 0. The molecule has 1 saturated heterocycles. The van der Waals surface area contributed by atoms with E-state index >= 15 is 0 Å². The lowest BCUT2D eigenvalue weighted by Gasteiger charge is -2.36. The van der Waals surface area contributed by atoms with Gasteiger partial charge in [-0.2, -0.15) is 8.42 Å². The van der Waals surface area contributed by atoms with Gasteiger partial charge < -0.3 is 18.1 Å². The summed E-state index contributed by atoms with van der Waals surface area (Å²) in [6, 6.07) is 0. The SMILES string of the molecule is O=S1(=O)OC[C@@H](OP)[C@H]([C@H](OP)[C@@H](COP)OP)O1. The Hall–Kier alpha value is 1.43. The van der Waals surface area contributed by atoms with Gasteiger partial charge in [0.05, 0.1) is 13.2 Å². The summed E-state index contributed by atoms with van der Waals surface area (Å²) in [7, 11) is 4.14. The fourth-order valence-corrected chi connectivity index (χ4v) is 3.39. The molecule has 0 spiro atoms. The van der Waals surface area contributed by atoms with Crippen molar-refractivity contribution >= 4 is 48.3 Å². The molecule has 0 saturated carbocycles. The van der Waals surface area contributed by atoms with Crippen molar-refractivity contribution in [1.29, 1.82) is 0 Å². The molecule has 19 heavy (non-hydrogen) atoms. The summed E-state index contributed by atoms with van der Waals surface area (Å²) in [6.45, 7) is -0.0239. The third kappa shape index (κ3) is 5.28. The normalized spacial score (nSPS) is 29.9. The summed E-state index contributed by atoms with van der Waals surface area (Å²) in [5.74, 6) is 0. The van der Waals surface area contributed by atoms with E-state index in [4.69, 9.17) is 22.3 Å². The van der Waals surface area contributed by atoms with Crippen molar-refractivity contribution < 1.29 is 34.9 Å². The van der Waals surface area contributed by atoms with Gasteiger partial charge in [0.25, 0.3) is 0 Å². The van der Waals surface area contributed by atoms with E-state index in [9.17, 15) is 8.42 Å². The number of hydrogen-bond acceptors (Lipinski definition) is 8. The van der Waals surface area contributed by atoms with E-state index in [2.05, 4.69) is 23.1 Å². The molecule has 1 heterocycles. The van der Waals surface area contributed by atoms with Crippen molar-refractivity contribution in [3.05, 3.63) is 0 Å². The second-order valence-corrected chi connectivity index (χ2v) is 5.93. The summed E-state index contributed by atoms with van der Waals surface area (Å²) in [5.41, 5.74) is 0. The van der Waals surface area contributed by atoms with Gasteiger partial charge in [-0.05, 0) is 0 Å². The van der Waals surface area contributed by atoms with E-state index in [0.29, 0.717) is 0 Å². The van der Waals surface area contributed by atoms with Crippen LogP contribution in [0.3, 0.4) is 0 Å². The topological polar surface area (TPSA) is 89.5 Å². The first-order chi connectivity index (χ1) is 8.99. The average molecular weight is 372 g/mol. The Labute approximate surface area is 121 Å². The van der Waals surface area contributed by atoms with Crippen molar-refractivity contribution in [3.63, 3.8) is 0 Å². The minimum absolute atomic E-state index is 0.150. The molecule has 1 aliphatic heterocycles. The lowest BCUT2D eigenvalue weighted by molar-refractivity contribution is -0.0912. The Bertz CT molecular complexity index is 366.